The third-order valence-electron chi connectivity index (χ3n) is 4.82. The van der Waals surface area contributed by atoms with E-state index in [1.165, 1.54) is 18.3 Å². The molecule has 0 aliphatic rings. The minimum absolute atomic E-state index is 0.00999. The summed E-state index contributed by atoms with van der Waals surface area (Å²) in [6.45, 7) is 5.18. The summed E-state index contributed by atoms with van der Waals surface area (Å²) in [5.41, 5.74) is 6.70. The summed E-state index contributed by atoms with van der Waals surface area (Å²) in [6, 6.07) is 6.92. The first-order valence-corrected chi connectivity index (χ1v) is 10.3. The van der Waals surface area contributed by atoms with Crippen LogP contribution in [0, 0.1) is 20.8 Å². The number of halogens is 3. The van der Waals surface area contributed by atoms with Crippen molar-refractivity contribution in [3.63, 3.8) is 0 Å². The molecule has 0 spiro atoms. The first kappa shape index (κ1) is 21.7. The van der Waals surface area contributed by atoms with Crippen molar-refractivity contribution in [2.75, 3.05) is 5.73 Å². The van der Waals surface area contributed by atoms with Crippen LogP contribution in [0.3, 0.4) is 0 Å². The van der Waals surface area contributed by atoms with E-state index in [-0.39, 0.29) is 22.6 Å². The van der Waals surface area contributed by atoms with Crippen LogP contribution in [0.1, 0.15) is 22.4 Å². The van der Waals surface area contributed by atoms with Crippen molar-refractivity contribution < 1.29 is 21.6 Å². The highest BCUT2D eigenvalue weighted by Crippen LogP contribution is 2.43. The molecule has 0 amide bonds. The van der Waals surface area contributed by atoms with Gasteiger partial charge in [-0.3, -0.25) is 0 Å². The number of sulfonamides is 1. The normalized spacial score (nSPS) is 12.2. The van der Waals surface area contributed by atoms with E-state index in [0.717, 1.165) is 17.2 Å². The molecule has 2 aromatic carbocycles. The number of rotatable bonds is 3. The molecule has 0 fully saturated rings. The first-order valence-electron chi connectivity index (χ1n) is 8.74. The molecule has 4 N–H and O–H groups in total. The number of nitrogens with zero attached hydrogens (tertiary/aromatic N) is 2. The topological polar surface area (TPSA) is 112 Å². The van der Waals surface area contributed by atoms with Gasteiger partial charge in [-0.05, 0) is 60.7 Å². The van der Waals surface area contributed by atoms with Gasteiger partial charge < -0.3 is 5.73 Å². The number of anilines is 1. The summed E-state index contributed by atoms with van der Waals surface area (Å²) in [5.74, 6) is -0.00999. The lowest BCUT2D eigenvalue weighted by atomic mass is 9.92. The highest BCUT2D eigenvalue weighted by atomic mass is 32.2. The summed E-state index contributed by atoms with van der Waals surface area (Å²) in [7, 11) is -4.70. The van der Waals surface area contributed by atoms with Gasteiger partial charge in [0.25, 0.3) is 0 Å². The molecule has 158 valence electrons. The van der Waals surface area contributed by atoms with E-state index in [0.29, 0.717) is 11.3 Å². The Balaban J connectivity index is 2.47. The molecule has 0 aliphatic carbocycles. The van der Waals surface area contributed by atoms with Gasteiger partial charge in [0.05, 0.1) is 16.2 Å². The molecule has 6 nitrogen and oxygen atoms in total. The highest BCUT2D eigenvalue weighted by molar-refractivity contribution is 7.89. The number of alkyl halides is 3. The number of nitrogen functional groups attached to an aromatic ring is 1. The van der Waals surface area contributed by atoms with Crippen LogP contribution in [0.5, 0.6) is 0 Å². The van der Waals surface area contributed by atoms with E-state index in [1.54, 1.807) is 26.0 Å². The van der Waals surface area contributed by atoms with Crippen molar-refractivity contribution in [2.24, 2.45) is 5.14 Å². The van der Waals surface area contributed by atoms with Gasteiger partial charge in [-0.25, -0.2) is 23.5 Å². The predicted octanol–water partition coefficient (Wildman–Crippen LogP) is 3.98. The molecule has 0 unspecified atom stereocenters. The molecule has 0 radical (unpaired) electrons. The Morgan fingerprint density at radius 3 is 2.13 bits per heavy atom. The van der Waals surface area contributed by atoms with Crippen LogP contribution >= 0.6 is 0 Å². The van der Waals surface area contributed by atoms with Crippen LogP contribution in [0.2, 0.25) is 0 Å². The Morgan fingerprint density at radius 1 is 0.933 bits per heavy atom. The highest BCUT2D eigenvalue weighted by Gasteiger charge is 2.40. The lowest BCUT2D eigenvalue weighted by Gasteiger charge is -2.19. The van der Waals surface area contributed by atoms with Crippen molar-refractivity contribution in [1.29, 1.82) is 0 Å². The number of hydrogen-bond acceptors (Lipinski definition) is 5. The number of nitrogens with two attached hydrogens (primary N) is 2. The second-order valence-electron chi connectivity index (χ2n) is 6.97. The Bertz CT molecular complexity index is 1260. The van der Waals surface area contributed by atoms with E-state index in [1.807, 2.05) is 6.92 Å². The maximum atomic E-state index is 14.0. The molecule has 1 heterocycles. The lowest BCUT2D eigenvalue weighted by Crippen LogP contribution is -2.20. The molecular formula is C20H19F3N4O2S. The molecule has 3 aromatic rings. The zero-order chi connectivity index (χ0) is 22.4. The summed E-state index contributed by atoms with van der Waals surface area (Å²) < 4.78 is 66.3. The zero-order valence-electron chi connectivity index (χ0n) is 16.4. The SMILES string of the molecule is Cc1ccc(-c2cc(-c3cnc(N)nc3C)cc(S(N)(=O)=O)c2C(F)(F)F)cc1C. The standard InChI is InChI=1S/C20H19F3N4O2S/c1-10-4-5-13(6-11(10)2)15-7-14(16-9-26-19(24)27-12(16)3)8-17(30(25,28)29)18(15)20(21,22)23/h4-9H,1-3H3,(H2,24,26,27)(H2,25,28,29). The van der Waals surface area contributed by atoms with Crippen molar-refractivity contribution in [3.8, 4) is 22.3 Å². The fourth-order valence-corrected chi connectivity index (χ4v) is 3.99. The Hall–Kier alpha value is -2.98. The number of aryl methyl sites for hydroxylation is 3. The van der Waals surface area contributed by atoms with E-state index in [4.69, 9.17) is 10.9 Å². The number of aromatic nitrogens is 2. The first-order chi connectivity index (χ1) is 13.8. The summed E-state index contributed by atoms with van der Waals surface area (Å²) in [4.78, 5) is 6.86. The largest absolute Gasteiger partial charge is 0.418 e. The zero-order valence-corrected chi connectivity index (χ0v) is 17.2. The maximum absolute atomic E-state index is 14.0. The Morgan fingerprint density at radius 2 is 1.60 bits per heavy atom. The summed E-state index contributed by atoms with van der Waals surface area (Å²) in [5, 5.41) is 5.19. The summed E-state index contributed by atoms with van der Waals surface area (Å²) >= 11 is 0. The van der Waals surface area contributed by atoms with Crippen LogP contribution in [0.25, 0.3) is 22.3 Å². The van der Waals surface area contributed by atoms with E-state index in [9.17, 15) is 21.6 Å². The van der Waals surface area contributed by atoms with Crippen molar-refractivity contribution in [1.82, 2.24) is 9.97 Å². The van der Waals surface area contributed by atoms with Gasteiger partial charge >= 0.3 is 6.18 Å². The molecule has 0 atom stereocenters. The van der Waals surface area contributed by atoms with Gasteiger partial charge in [-0.1, -0.05) is 18.2 Å². The summed E-state index contributed by atoms with van der Waals surface area (Å²) in [6.07, 6.45) is -3.63. The van der Waals surface area contributed by atoms with Gasteiger partial charge in [-0.15, -0.1) is 0 Å². The molecule has 0 saturated heterocycles. The van der Waals surface area contributed by atoms with Gasteiger partial charge in [0.2, 0.25) is 16.0 Å². The Kier molecular flexibility index (Phi) is 5.33. The number of primary sulfonamides is 1. The third-order valence-corrected chi connectivity index (χ3v) is 5.75. The quantitative estimate of drug-likeness (QED) is 0.645. The minimum Gasteiger partial charge on any atom is -0.368 e. The molecule has 10 heteroatoms. The molecule has 0 bridgehead atoms. The third kappa shape index (κ3) is 4.14. The second-order valence-corrected chi connectivity index (χ2v) is 8.50. The fourth-order valence-electron chi connectivity index (χ4n) is 3.19. The van der Waals surface area contributed by atoms with Crippen LogP contribution in [-0.4, -0.2) is 18.4 Å². The van der Waals surface area contributed by atoms with Crippen LogP contribution in [0.15, 0.2) is 41.4 Å². The fraction of sp³-hybridized carbons (Fsp3) is 0.200. The van der Waals surface area contributed by atoms with Gasteiger partial charge in [0, 0.05) is 11.8 Å². The van der Waals surface area contributed by atoms with Gasteiger partial charge in [0.15, 0.2) is 0 Å². The average molecular weight is 436 g/mol. The predicted molar refractivity (Wildman–Crippen MR) is 108 cm³/mol. The van der Waals surface area contributed by atoms with Crippen LogP contribution in [-0.2, 0) is 16.2 Å². The molecule has 30 heavy (non-hydrogen) atoms. The molecule has 0 aliphatic heterocycles. The van der Waals surface area contributed by atoms with Crippen molar-refractivity contribution in [2.45, 2.75) is 31.8 Å². The van der Waals surface area contributed by atoms with Crippen molar-refractivity contribution in [3.05, 3.63) is 58.9 Å². The molecular weight excluding hydrogens is 417 g/mol. The van der Waals surface area contributed by atoms with E-state index < -0.39 is 26.7 Å². The van der Waals surface area contributed by atoms with Gasteiger partial charge in [0.1, 0.15) is 0 Å². The van der Waals surface area contributed by atoms with E-state index in [2.05, 4.69) is 9.97 Å². The van der Waals surface area contributed by atoms with Crippen molar-refractivity contribution >= 4 is 16.0 Å². The Labute approximate surface area is 171 Å². The molecule has 1 aromatic heterocycles. The molecule has 0 saturated carbocycles. The van der Waals surface area contributed by atoms with E-state index >= 15 is 0 Å². The number of hydrogen-bond donors (Lipinski definition) is 2. The number of benzene rings is 2. The van der Waals surface area contributed by atoms with Crippen LogP contribution in [0.4, 0.5) is 19.1 Å². The van der Waals surface area contributed by atoms with Crippen LogP contribution < -0.4 is 10.9 Å². The lowest BCUT2D eigenvalue weighted by molar-refractivity contribution is -0.139. The molecule has 3 rings (SSSR count). The average Bonchev–Trinajstić information content (AvgIpc) is 2.61. The maximum Gasteiger partial charge on any atom is 0.418 e. The monoisotopic (exact) mass is 436 g/mol. The smallest absolute Gasteiger partial charge is 0.368 e. The van der Waals surface area contributed by atoms with Gasteiger partial charge in [-0.2, -0.15) is 13.2 Å². The minimum atomic E-state index is -4.96. The second kappa shape index (κ2) is 7.37.